The van der Waals surface area contributed by atoms with Crippen molar-refractivity contribution < 1.29 is 24.2 Å². The van der Waals surface area contributed by atoms with Gasteiger partial charge in [-0.25, -0.2) is 4.79 Å². The third-order valence-electron chi connectivity index (χ3n) is 6.75. The molecular weight excluding hydrogens is 478 g/mol. The van der Waals surface area contributed by atoms with E-state index in [2.05, 4.69) is 11.4 Å². The van der Waals surface area contributed by atoms with E-state index in [-0.39, 0.29) is 5.91 Å². The van der Waals surface area contributed by atoms with E-state index >= 15 is 0 Å². The van der Waals surface area contributed by atoms with Crippen molar-refractivity contribution in [2.45, 2.75) is 72.0 Å². The van der Waals surface area contributed by atoms with E-state index in [1.807, 2.05) is 83.1 Å². The first-order valence-electron chi connectivity index (χ1n) is 13.2. The molecule has 6 nitrogen and oxygen atoms in total. The summed E-state index contributed by atoms with van der Waals surface area (Å²) in [7, 11) is 0. The van der Waals surface area contributed by atoms with Gasteiger partial charge < -0.3 is 19.9 Å². The van der Waals surface area contributed by atoms with E-state index in [1.54, 1.807) is 0 Å². The first-order chi connectivity index (χ1) is 18.0. The number of carbonyl (C=O) groups excluding carboxylic acids is 1. The SMILES string of the molecule is Cc1cc(NC(=O)CCc2ccccc2)c(C)c(C(OC(C)(C)C)C(=O)O)c1-c1ccc2c(c1)CCCO2. The quantitative estimate of drug-likeness (QED) is 0.344. The van der Waals surface area contributed by atoms with E-state index < -0.39 is 17.7 Å². The van der Waals surface area contributed by atoms with Gasteiger partial charge in [-0.15, -0.1) is 0 Å². The first-order valence-corrected chi connectivity index (χ1v) is 13.2. The van der Waals surface area contributed by atoms with Crippen LogP contribution in [0.5, 0.6) is 5.75 Å². The summed E-state index contributed by atoms with van der Waals surface area (Å²) in [6, 6.07) is 17.8. The zero-order valence-corrected chi connectivity index (χ0v) is 22.9. The summed E-state index contributed by atoms with van der Waals surface area (Å²) in [6.45, 7) is 10.0. The highest BCUT2D eigenvalue weighted by molar-refractivity contribution is 5.94. The number of anilines is 1. The monoisotopic (exact) mass is 515 g/mol. The van der Waals surface area contributed by atoms with Crippen molar-refractivity contribution in [3.63, 3.8) is 0 Å². The highest BCUT2D eigenvalue weighted by Crippen LogP contribution is 2.42. The van der Waals surface area contributed by atoms with Crippen molar-refractivity contribution >= 4 is 17.6 Å². The Bertz CT molecular complexity index is 1320. The Morgan fingerprint density at radius 1 is 1.08 bits per heavy atom. The zero-order chi connectivity index (χ0) is 27.4. The maximum atomic E-state index is 12.9. The van der Waals surface area contributed by atoms with Crippen molar-refractivity contribution in [1.29, 1.82) is 0 Å². The second-order valence-corrected chi connectivity index (χ2v) is 10.9. The standard InChI is InChI=1S/C32H37NO5/c1-20-18-25(33-27(34)16-13-22-10-7-6-8-11-22)21(2)29(30(31(35)36)38-32(3,4)5)28(20)24-14-15-26-23(19-24)12-9-17-37-26/h6-8,10-11,14-15,18-19,30H,9,12-13,16-17H2,1-5H3,(H,33,34)(H,35,36). The molecule has 1 aliphatic heterocycles. The fraction of sp³-hybridized carbons (Fsp3) is 0.375. The molecule has 0 radical (unpaired) electrons. The largest absolute Gasteiger partial charge is 0.493 e. The molecule has 1 atom stereocenters. The predicted molar refractivity (Wildman–Crippen MR) is 150 cm³/mol. The van der Waals surface area contributed by atoms with Gasteiger partial charge in [-0.3, -0.25) is 4.79 Å². The lowest BCUT2D eigenvalue weighted by molar-refractivity contribution is -0.160. The van der Waals surface area contributed by atoms with Gasteiger partial charge in [0.25, 0.3) is 0 Å². The number of aliphatic carboxylic acids is 1. The molecule has 0 fully saturated rings. The third-order valence-corrected chi connectivity index (χ3v) is 6.75. The Labute approximate surface area is 225 Å². The van der Waals surface area contributed by atoms with Crippen molar-refractivity contribution in [1.82, 2.24) is 0 Å². The molecule has 2 N–H and O–H groups in total. The van der Waals surface area contributed by atoms with Crippen LogP contribution in [0.15, 0.2) is 54.6 Å². The molecular formula is C32H37NO5. The van der Waals surface area contributed by atoms with E-state index in [0.29, 0.717) is 36.3 Å². The number of aryl methyl sites for hydroxylation is 3. The molecule has 38 heavy (non-hydrogen) atoms. The highest BCUT2D eigenvalue weighted by atomic mass is 16.5. The Hall–Kier alpha value is -3.64. The molecule has 1 unspecified atom stereocenters. The molecule has 4 rings (SSSR count). The molecule has 0 aromatic heterocycles. The van der Waals surface area contributed by atoms with Crippen LogP contribution in [-0.2, 0) is 27.2 Å². The van der Waals surface area contributed by atoms with Gasteiger partial charge in [0, 0.05) is 17.7 Å². The summed E-state index contributed by atoms with van der Waals surface area (Å²) in [5.41, 5.74) is 5.94. The van der Waals surface area contributed by atoms with Crippen LogP contribution in [0, 0.1) is 13.8 Å². The topological polar surface area (TPSA) is 84.9 Å². The lowest BCUT2D eigenvalue weighted by Gasteiger charge is -2.30. The zero-order valence-electron chi connectivity index (χ0n) is 22.9. The predicted octanol–water partition coefficient (Wildman–Crippen LogP) is 6.81. The number of hydrogen-bond acceptors (Lipinski definition) is 4. The Morgan fingerprint density at radius 2 is 1.82 bits per heavy atom. The number of carboxylic acids is 1. The fourth-order valence-electron chi connectivity index (χ4n) is 5.00. The van der Waals surface area contributed by atoms with Crippen LogP contribution in [0.2, 0.25) is 0 Å². The normalized spacial score (nSPS) is 13.8. The minimum Gasteiger partial charge on any atom is -0.493 e. The molecule has 0 saturated heterocycles. The van der Waals surface area contributed by atoms with Crippen LogP contribution in [-0.4, -0.2) is 29.2 Å². The summed E-state index contributed by atoms with van der Waals surface area (Å²) in [5.74, 6) is -0.318. The molecule has 0 saturated carbocycles. The van der Waals surface area contributed by atoms with Gasteiger partial charge in [-0.05, 0) is 105 Å². The summed E-state index contributed by atoms with van der Waals surface area (Å²) in [4.78, 5) is 25.6. The Balaban J connectivity index is 1.77. The van der Waals surface area contributed by atoms with Crippen LogP contribution < -0.4 is 10.1 Å². The van der Waals surface area contributed by atoms with Crippen molar-refractivity contribution in [2.75, 3.05) is 11.9 Å². The van der Waals surface area contributed by atoms with Crippen LogP contribution in [0.25, 0.3) is 11.1 Å². The molecule has 0 spiro atoms. The van der Waals surface area contributed by atoms with E-state index in [0.717, 1.165) is 46.4 Å². The maximum absolute atomic E-state index is 12.9. The number of benzene rings is 3. The molecule has 1 heterocycles. The smallest absolute Gasteiger partial charge is 0.337 e. The van der Waals surface area contributed by atoms with Gasteiger partial charge in [-0.1, -0.05) is 36.4 Å². The highest BCUT2D eigenvalue weighted by Gasteiger charge is 2.32. The Morgan fingerprint density at radius 3 is 2.50 bits per heavy atom. The second kappa shape index (κ2) is 11.4. The van der Waals surface area contributed by atoms with Gasteiger partial charge in [0.2, 0.25) is 5.91 Å². The van der Waals surface area contributed by atoms with Crippen molar-refractivity contribution in [3.05, 3.63) is 82.4 Å². The van der Waals surface area contributed by atoms with Crippen molar-refractivity contribution in [2.24, 2.45) is 0 Å². The number of carbonyl (C=O) groups is 2. The molecule has 0 aliphatic carbocycles. The number of ether oxygens (including phenoxy) is 2. The van der Waals surface area contributed by atoms with E-state index in [9.17, 15) is 14.7 Å². The number of carboxylic acid groups (broad SMARTS) is 1. The van der Waals surface area contributed by atoms with Crippen LogP contribution in [0.1, 0.15) is 67.5 Å². The van der Waals surface area contributed by atoms with Gasteiger partial charge in [-0.2, -0.15) is 0 Å². The first kappa shape index (κ1) is 27.4. The second-order valence-electron chi connectivity index (χ2n) is 10.9. The average molecular weight is 516 g/mol. The summed E-state index contributed by atoms with van der Waals surface area (Å²) in [5, 5.41) is 13.4. The molecule has 1 aliphatic rings. The lowest BCUT2D eigenvalue weighted by atomic mass is 9.86. The average Bonchev–Trinajstić information content (AvgIpc) is 2.87. The summed E-state index contributed by atoms with van der Waals surface area (Å²) >= 11 is 0. The summed E-state index contributed by atoms with van der Waals surface area (Å²) in [6.07, 6.45) is 1.59. The number of hydrogen-bond donors (Lipinski definition) is 2. The van der Waals surface area contributed by atoms with Gasteiger partial charge in [0.05, 0.1) is 12.2 Å². The van der Waals surface area contributed by atoms with Crippen LogP contribution in [0.4, 0.5) is 5.69 Å². The van der Waals surface area contributed by atoms with Crippen LogP contribution >= 0.6 is 0 Å². The van der Waals surface area contributed by atoms with Crippen molar-refractivity contribution in [3.8, 4) is 16.9 Å². The Kier molecular flexibility index (Phi) is 8.22. The van der Waals surface area contributed by atoms with Gasteiger partial charge in [0.15, 0.2) is 6.10 Å². The number of amides is 1. The lowest BCUT2D eigenvalue weighted by Crippen LogP contribution is -2.28. The van der Waals surface area contributed by atoms with E-state index in [1.165, 1.54) is 0 Å². The molecule has 3 aromatic rings. The number of fused-ring (bicyclic) bond motifs is 1. The molecule has 3 aromatic carbocycles. The number of rotatable bonds is 8. The third kappa shape index (κ3) is 6.43. The molecule has 6 heteroatoms. The fourth-order valence-corrected chi connectivity index (χ4v) is 5.00. The molecule has 1 amide bonds. The minimum absolute atomic E-state index is 0.121. The number of nitrogens with one attached hydrogen (secondary N) is 1. The maximum Gasteiger partial charge on any atom is 0.337 e. The molecule has 200 valence electrons. The van der Waals surface area contributed by atoms with Gasteiger partial charge >= 0.3 is 5.97 Å². The summed E-state index contributed by atoms with van der Waals surface area (Å²) < 4.78 is 11.9. The van der Waals surface area contributed by atoms with Gasteiger partial charge in [0.1, 0.15) is 5.75 Å². The molecule has 0 bridgehead atoms. The van der Waals surface area contributed by atoms with Crippen LogP contribution in [0.3, 0.4) is 0 Å². The van der Waals surface area contributed by atoms with E-state index in [4.69, 9.17) is 9.47 Å². The minimum atomic E-state index is -1.21.